The van der Waals surface area contributed by atoms with Gasteiger partial charge in [0.25, 0.3) is 0 Å². The topological polar surface area (TPSA) is 3.24 Å². The molecule has 0 saturated carbocycles. The highest BCUT2D eigenvalue weighted by atomic mass is 19.1. The van der Waals surface area contributed by atoms with Gasteiger partial charge in [0.15, 0.2) is 0 Å². The minimum absolute atomic E-state index is 0.175. The first-order chi connectivity index (χ1) is 7.61. The van der Waals surface area contributed by atoms with E-state index in [0.717, 1.165) is 12.1 Å². The number of hydrogen-bond donors (Lipinski definition) is 0. The Hall–Kier alpha value is -1.63. The maximum Gasteiger partial charge on any atom is 0.143 e. The molecule has 84 valence electrons. The Morgan fingerprint density at radius 3 is 2.38 bits per heavy atom. The number of nitrogens with zero attached hydrogens (tertiary/aromatic N) is 1. The van der Waals surface area contributed by atoms with E-state index in [1.54, 1.807) is 4.90 Å². The van der Waals surface area contributed by atoms with E-state index >= 15 is 0 Å². The summed E-state index contributed by atoms with van der Waals surface area (Å²) in [5.74, 6) is 0.392. The molecular weight excluding hydrogens is 215 g/mol. The standard InChI is InChI=1S/C12H10F3N/c1-2-10-11(14)5-9(6-12(10)15)16-4-3-8(13)7-16/h1,5-6,8H,3-4,7H2/t8-/m1/s1. The van der Waals surface area contributed by atoms with Crippen LogP contribution in [0, 0.1) is 24.0 Å². The first-order valence-electron chi connectivity index (χ1n) is 4.96. The lowest BCUT2D eigenvalue weighted by molar-refractivity contribution is 0.364. The summed E-state index contributed by atoms with van der Waals surface area (Å²) in [5.41, 5.74) is -0.0334. The highest BCUT2D eigenvalue weighted by Gasteiger charge is 2.23. The van der Waals surface area contributed by atoms with Crippen molar-refractivity contribution in [1.29, 1.82) is 0 Å². The van der Waals surface area contributed by atoms with Crippen LogP contribution in [0.25, 0.3) is 0 Å². The molecule has 1 saturated heterocycles. The Morgan fingerprint density at radius 1 is 1.31 bits per heavy atom. The van der Waals surface area contributed by atoms with Gasteiger partial charge in [0.05, 0.1) is 5.56 Å². The molecule has 1 nitrogen and oxygen atoms in total. The fraction of sp³-hybridized carbons (Fsp3) is 0.333. The Bertz CT molecular complexity index is 427. The van der Waals surface area contributed by atoms with E-state index in [4.69, 9.17) is 6.42 Å². The van der Waals surface area contributed by atoms with Gasteiger partial charge in [-0.15, -0.1) is 6.42 Å². The third-order valence-electron chi connectivity index (χ3n) is 2.67. The number of halogens is 3. The largest absolute Gasteiger partial charge is 0.368 e. The molecule has 1 aromatic rings. The molecule has 0 amide bonds. The lowest BCUT2D eigenvalue weighted by Crippen LogP contribution is -2.20. The van der Waals surface area contributed by atoms with Gasteiger partial charge in [-0.05, 0) is 18.6 Å². The second-order valence-corrected chi connectivity index (χ2v) is 3.76. The second-order valence-electron chi connectivity index (χ2n) is 3.76. The van der Waals surface area contributed by atoms with E-state index in [0.29, 0.717) is 18.7 Å². The predicted molar refractivity (Wildman–Crippen MR) is 56.0 cm³/mol. The van der Waals surface area contributed by atoms with Crippen molar-refractivity contribution in [1.82, 2.24) is 0 Å². The van der Waals surface area contributed by atoms with E-state index in [1.807, 2.05) is 5.92 Å². The van der Waals surface area contributed by atoms with Crippen LogP contribution < -0.4 is 4.90 Å². The van der Waals surface area contributed by atoms with Crippen LogP contribution in [-0.2, 0) is 0 Å². The van der Waals surface area contributed by atoms with Gasteiger partial charge in [-0.25, -0.2) is 13.2 Å². The van der Waals surface area contributed by atoms with Gasteiger partial charge >= 0.3 is 0 Å². The van der Waals surface area contributed by atoms with E-state index in [1.165, 1.54) is 0 Å². The molecular formula is C12H10F3N. The zero-order valence-electron chi connectivity index (χ0n) is 8.51. The normalized spacial score (nSPS) is 19.9. The van der Waals surface area contributed by atoms with Crippen molar-refractivity contribution in [3.63, 3.8) is 0 Å². The van der Waals surface area contributed by atoms with E-state index in [-0.39, 0.29) is 12.1 Å². The summed E-state index contributed by atoms with van der Waals surface area (Å²) in [4.78, 5) is 1.61. The van der Waals surface area contributed by atoms with Crippen molar-refractivity contribution < 1.29 is 13.2 Å². The average molecular weight is 225 g/mol. The molecule has 1 aromatic carbocycles. The zero-order chi connectivity index (χ0) is 11.7. The molecule has 1 heterocycles. The SMILES string of the molecule is C#Cc1c(F)cc(N2CC[C@@H](F)C2)cc1F. The summed E-state index contributed by atoms with van der Waals surface area (Å²) in [6.45, 7) is 0.643. The smallest absolute Gasteiger partial charge is 0.143 e. The van der Waals surface area contributed by atoms with Gasteiger partial charge in [0.1, 0.15) is 17.8 Å². The lowest BCUT2D eigenvalue weighted by Gasteiger charge is -2.18. The van der Waals surface area contributed by atoms with E-state index in [9.17, 15) is 13.2 Å². The summed E-state index contributed by atoms with van der Waals surface area (Å²) in [6.07, 6.45) is 4.43. The molecule has 0 bridgehead atoms. The summed E-state index contributed by atoms with van der Waals surface area (Å²) in [7, 11) is 0. The number of terminal acetylenes is 1. The monoisotopic (exact) mass is 225 g/mol. The van der Waals surface area contributed by atoms with Crippen molar-refractivity contribution in [2.75, 3.05) is 18.0 Å². The minimum atomic E-state index is -0.932. The molecule has 0 radical (unpaired) electrons. The number of alkyl halides is 1. The maximum absolute atomic E-state index is 13.4. The van der Waals surface area contributed by atoms with Crippen molar-refractivity contribution in [3.8, 4) is 12.3 Å². The summed E-state index contributed by atoms with van der Waals surface area (Å²) < 4.78 is 39.7. The number of benzene rings is 1. The molecule has 2 rings (SSSR count). The Kier molecular flexibility index (Phi) is 2.78. The first-order valence-corrected chi connectivity index (χ1v) is 4.96. The molecule has 4 heteroatoms. The quantitative estimate of drug-likeness (QED) is 0.664. The van der Waals surface area contributed by atoms with Crippen LogP contribution in [0.15, 0.2) is 12.1 Å². The molecule has 0 aromatic heterocycles. The van der Waals surface area contributed by atoms with Gasteiger partial charge in [0, 0.05) is 18.8 Å². The summed E-state index contributed by atoms with van der Waals surface area (Å²) in [6, 6.07) is 2.30. The van der Waals surface area contributed by atoms with Gasteiger partial charge in [-0.3, -0.25) is 0 Å². The van der Waals surface area contributed by atoms with Gasteiger partial charge < -0.3 is 4.90 Å². The molecule has 1 atom stereocenters. The van der Waals surface area contributed by atoms with Crippen LogP contribution >= 0.6 is 0 Å². The molecule has 1 fully saturated rings. The molecule has 1 aliphatic heterocycles. The van der Waals surface area contributed by atoms with Crippen molar-refractivity contribution in [3.05, 3.63) is 29.3 Å². The van der Waals surface area contributed by atoms with Crippen LogP contribution in [0.1, 0.15) is 12.0 Å². The Morgan fingerprint density at radius 2 is 1.94 bits per heavy atom. The molecule has 0 aliphatic carbocycles. The molecule has 16 heavy (non-hydrogen) atoms. The second kappa shape index (κ2) is 4.09. The summed E-state index contributed by atoms with van der Waals surface area (Å²) >= 11 is 0. The van der Waals surface area contributed by atoms with E-state index in [2.05, 4.69) is 0 Å². The third kappa shape index (κ3) is 1.85. The maximum atomic E-state index is 13.4. The Labute approximate surface area is 91.9 Å². The van der Waals surface area contributed by atoms with Crippen molar-refractivity contribution in [2.24, 2.45) is 0 Å². The molecule has 1 aliphatic rings. The number of anilines is 1. The Balaban J connectivity index is 2.34. The predicted octanol–water partition coefficient (Wildman–Crippen LogP) is 2.49. The summed E-state index contributed by atoms with van der Waals surface area (Å²) in [5, 5.41) is 0. The van der Waals surface area contributed by atoms with Gasteiger partial charge in [-0.1, -0.05) is 5.92 Å². The molecule has 0 unspecified atom stereocenters. The lowest BCUT2D eigenvalue weighted by atomic mass is 10.1. The number of hydrogen-bond acceptors (Lipinski definition) is 1. The van der Waals surface area contributed by atoms with E-state index < -0.39 is 17.8 Å². The van der Waals surface area contributed by atoms with Gasteiger partial charge in [-0.2, -0.15) is 0 Å². The molecule has 0 spiro atoms. The highest BCUT2D eigenvalue weighted by Crippen LogP contribution is 2.25. The average Bonchev–Trinajstić information content (AvgIpc) is 2.64. The van der Waals surface area contributed by atoms with Crippen LogP contribution in [-0.4, -0.2) is 19.3 Å². The molecule has 0 N–H and O–H groups in total. The van der Waals surface area contributed by atoms with Crippen LogP contribution in [0.3, 0.4) is 0 Å². The van der Waals surface area contributed by atoms with Crippen molar-refractivity contribution in [2.45, 2.75) is 12.6 Å². The van der Waals surface area contributed by atoms with Crippen molar-refractivity contribution >= 4 is 5.69 Å². The number of rotatable bonds is 1. The van der Waals surface area contributed by atoms with Crippen LogP contribution in [0.4, 0.5) is 18.9 Å². The zero-order valence-corrected chi connectivity index (χ0v) is 8.51. The fourth-order valence-electron chi connectivity index (χ4n) is 1.83. The van der Waals surface area contributed by atoms with Crippen LogP contribution in [0.5, 0.6) is 0 Å². The third-order valence-corrected chi connectivity index (χ3v) is 2.67. The van der Waals surface area contributed by atoms with Crippen LogP contribution in [0.2, 0.25) is 0 Å². The fourth-order valence-corrected chi connectivity index (χ4v) is 1.83. The minimum Gasteiger partial charge on any atom is -0.368 e. The first kappa shape index (κ1) is 10.9. The highest BCUT2D eigenvalue weighted by molar-refractivity contribution is 5.52. The van der Waals surface area contributed by atoms with Gasteiger partial charge in [0.2, 0.25) is 0 Å².